The Morgan fingerprint density at radius 1 is 1.46 bits per heavy atom. The van der Waals surface area contributed by atoms with Gasteiger partial charge in [0, 0.05) is 17.5 Å². The predicted octanol–water partition coefficient (Wildman–Crippen LogP) is 0.232. The van der Waals surface area contributed by atoms with Crippen LogP contribution in [-0.2, 0) is 4.74 Å². The van der Waals surface area contributed by atoms with Crippen LogP contribution in [0.1, 0.15) is 19.3 Å². The number of rotatable bonds is 1. The number of ether oxygens (including phenoxy) is 1. The van der Waals surface area contributed by atoms with Crippen LogP contribution in [0.25, 0.3) is 0 Å². The molecule has 0 saturated carbocycles. The average Bonchev–Trinajstić information content (AvgIpc) is 2.72. The minimum Gasteiger partial charge on any atom is -0.394 e. The van der Waals surface area contributed by atoms with Gasteiger partial charge in [0.2, 0.25) is 0 Å². The van der Waals surface area contributed by atoms with E-state index < -0.39 is 0 Å². The van der Waals surface area contributed by atoms with E-state index in [0.29, 0.717) is 18.6 Å². The van der Waals surface area contributed by atoms with E-state index in [9.17, 15) is 5.11 Å². The Labute approximate surface area is 78.7 Å². The Morgan fingerprint density at radius 3 is 3.23 bits per heavy atom. The van der Waals surface area contributed by atoms with Crippen LogP contribution in [0, 0.1) is 5.92 Å². The maximum absolute atomic E-state index is 9.50. The Hall–Kier alpha value is -0.120. The van der Waals surface area contributed by atoms with E-state index in [1.54, 1.807) is 0 Å². The fourth-order valence-corrected chi connectivity index (χ4v) is 3.55. The zero-order valence-corrected chi connectivity index (χ0v) is 7.91. The Morgan fingerprint density at radius 2 is 2.38 bits per heavy atom. The van der Waals surface area contributed by atoms with Crippen molar-refractivity contribution in [2.24, 2.45) is 5.92 Å². The second kappa shape index (κ2) is 2.69. The van der Waals surface area contributed by atoms with Crippen molar-refractivity contribution < 1.29 is 9.84 Å². The summed E-state index contributed by atoms with van der Waals surface area (Å²) in [5.74, 6) is 0.701. The molecule has 3 nitrogen and oxygen atoms in total. The lowest BCUT2D eigenvalue weighted by Crippen LogP contribution is -2.45. The van der Waals surface area contributed by atoms with Crippen LogP contribution in [0.15, 0.2) is 0 Å². The van der Waals surface area contributed by atoms with Gasteiger partial charge >= 0.3 is 0 Å². The van der Waals surface area contributed by atoms with Gasteiger partial charge in [0.1, 0.15) is 0 Å². The first kappa shape index (κ1) is 8.21. The molecule has 0 aromatic heterocycles. The van der Waals surface area contributed by atoms with Crippen LogP contribution < -0.4 is 0 Å². The number of hydrogen-bond donors (Lipinski definition) is 1. The third kappa shape index (κ3) is 0.953. The van der Waals surface area contributed by atoms with E-state index in [0.717, 1.165) is 19.6 Å². The molecule has 3 atom stereocenters. The normalized spacial score (nSPS) is 49.6. The van der Waals surface area contributed by atoms with Gasteiger partial charge in [0.05, 0.1) is 19.8 Å². The molecular formula is C10H17NO2. The first-order chi connectivity index (χ1) is 6.36. The molecule has 0 aliphatic carbocycles. The number of aliphatic hydroxyl groups is 1. The van der Waals surface area contributed by atoms with Crippen molar-refractivity contribution >= 4 is 0 Å². The number of nitrogens with zero attached hydrogens (tertiary/aromatic N) is 1. The fraction of sp³-hybridized carbons (Fsp3) is 1.00. The largest absolute Gasteiger partial charge is 0.394 e. The van der Waals surface area contributed by atoms with Gasteiger partial charge in [-0.2, -0.15) is 0 Å². The highest BCUT2D eigenvalue weighted by molar-refractivity contribution is 5.09. The van der Waals surface area contributed by atoms with Crippen LogP contribution >= 0.6 is 0 Å². The summed E-state index contributed by atoms with van der Waals surface area (Å²) in [6, 6.07) is 0.620. The molecule has 1 N–H and O–H groups in total. The topological polar surface area (TPSA) is 32.7 Å². The van der Waals surface area contributed by atoms with Crippen molar-refractivity contribution in [1.29, 1.82) is 0 Å². The molecule has 0 aromatic rings. The van der Waals surface area contributed by atoms with Gasteiger partial charge in [-0.3, -0.25) is 4.90 Å². The van der Waals surface area contributed by atoms with Gasteiger partial charge in [-0.15, -0.1) is 0 Å². The lowest BCUT2D eigenvalue weighted by atomic mass is 9.90. The molecule has 3 fully saturated rings. The number of hydrogen-bond acceptors (Lipinski definition) is 3. The molecule has 0 bridgehead atoms. The molecular weight excluding hydrogens is 166 g/mol. The van der Waals surface area contributed by atoms with Gasteiger partial charge in [0.25, 0.3) is 0 Å². The van der Waals surface area contributed by atoms with Crippen molar-refractivity contribution in [2.45, 2.75) is 30.8 Å². The Balaban J connectivity index is 1.89. The minimum atomic E-state index is 0.152. The first-order valence-electron chi connectivity index (χ1n) is 5.31. The predicted molar refractivity (Wildman–Crippen MR) is 48.5 cm³/mol. The van der Waals surface area contributed by atoms with Crippen molar-refractivity contribution in [2.75, 3.05) is 26.4 Å². The van der Waals surface area contributed by atoms with E-state index in [2.05, 4.69) is 4.90 Å². The molecule has 0 radical (unpaired) electrons. The average molecular weight is 183 g/mol. The molecule has 13 heavy (non-hydrogen) atoms. The molecule has 3 rings (SSSR count). The molecule has 0 amide bonds. The minimum absolute atomic E-state index is 0.152. The van der Waals surface area contributed by atoms with Crippen LogP contribution in [0.3, 0.4) is 0 Å². The molecule has 0 aromatic carbocycles. The summed E-state index contributed by atoms with van der Waals surface area (Å²) in [5.41, 5.74) is 0.152. The SMILES string of the molecule is OC[C@@]12CCCN1[C@H]1COC[C@H]1C2. The van der Waals surface area contributed by atoms with E-state index in [-0.39, 0.29) is 5.54 Å². The van der Waals surface area contributed by atoms with E-state index >= 15 is 0 Å². The lowest BCUT2D eigenvalue weighted by molar-refractivity contribution is 0.0529. The highest BCUT2D eigenvalue weighted by Gasteiger charge is 2.55. The summed E-state index contributed by atoms with van der Waals surface area (Å²) in [7, 11) is 0. The van der Waals surface area contributed by atoms with Crippen molar-refractivity contribution in [1.82, 2.24) is 4.90 Å². The number of fused-ring (bicyclic) bond motifs is 3. The van der Waals surface area contributed by atoms with Crippen LogP contribution in [0.2, 0.25) is 0 Å². The van der Waals surface area contributed by atoms with Crippen LogP contribution in [0.4, 0.5) is 0 Å². The quantitative estimate of drug-likeness (QED) is 0.632. The van der Waals surface area contributed by atoms with Crippen molar-refractivity contribution in [3.05, 3.63) is 0 Å². The maximum Gasteiger partial charge on any atom is 0.0625 e. The molecule has 3 heteroatoms. The summed E-state index contributed by atoms with van der Waals surface area (Å²) in [4.78, 5) is 2.52. The zero-order chi connectivity index (χ0) is 8.89. The highest BCUT2D eigenvalue weighted by Crippen LogP contribution is 2.46. The van der Waals surface area contributed by atoms with E-state index in [1.807, 2.05) is 0 Å². The van der Waals surface area contributed by atoms with Gasteiger partial charge in [-0.25, -0.2) is 0 Å². The summed E-state index contributed by atoms with van der Waals surface area (Å²) in [5, 5.41) is 9.50. The van der Waals surface area contributed by atoms with E-state index in [1.165, 1.54) is 19.4 Å². The lowest BCUT2D eigenvalue weighted by Gasteiger charge is -2.32. The van der Waals surface area contributed by atoms with E-state index in [4.69, 9.17) is 4.74 Å². The summed E-state index contributed by atoms with van der Waals surface area (Å²) < 4.78 is 5.49. The molecule has 0 spiro atoms. The van der Waals surface area contributed by atoms with Crippen molar-refractivity contribution in [3.63, 3.8) is 0 Å². The smallest absolute Gasteiger partial charge is 0.0625 e. The van der Waals surface area contributed by atoms with Gasteiger partial charge in [0.15, 0.2) is 0 Å². The van der Waals surface area contributed by atoms with Gasteiger partial charge in [-0.1, -0.05) is 0 Å². The number of aliphatic hydroxyl groups excluding tert-OH is 1. The second-order valence-corrected chi connectivity index (χ2v) is 4.75. The third-order valence-electron chi connectivity index (χ3n) is 4.15. The van der Waals surface area contributed by atoms with Crippen molar-refractivity contribution in [3.8, 4) is 0 Å². The molecule has 3 heterocycles. The first-order valence-corrected chi connectivity index (χ1v) is 5.31. The van der Waals surface area contributed by atoms with Crippen LogP contribution in [-0.4, -0.2) is 48.0 Å². The third-order valence-corrected chi connectivity index (χ3v) is 4.15. The molecule has 3 aliphatic heterocycles. The standard InChI is InChI=1S/C10H17NO2/c12-7-10-2-1-3-11(10)9-6-13-5-8(9)4-10/h8-9,12H,1-7H2/t8-,9+,10+/m1/s1. The molecule has 3 saturated heterocycles. The molecule has 3 aliphatic rings. The second-order valence-electron chi connectivity index (χ2n) is 4.75. The van der Waals surface area contributed by atoms with Crippen LogP contribution in [0.5, 0.6) is 0 Å². The molecule has 74 valence electrons. The summed E-state index contributed by atoms with van der Waals surface area (Å²) in [6.07, 6.45) is 3.61. The molecule has 0 unspecified atom stereocenters. The Bertz CT molecular complexity index is 221. The maximum atomic E-state index is 9.50. The summed E-state index contributed by atoms with van der Waals surface area (Å²) in [6.45, 7) is 3.33. The fourth-order valence-electron chi connectivity index (χ4n) is 3.55. The monoisotopic (exact) mass is 183 g/mol. The summed E-state index contributed by atoms with van der Waals surface area (Å²) >= 11 is 0. The van der Waals surface area contributed by atoms with Gasteiger partial charge < -0.3 is 9.84 Å². The van der Waals surface area contributed by atoms with Gasteiger partial charge in [-0.05, 0) is 25.8 Å². The highest BCUT2D eigenvalue weighted by atomic mass is 16.5. The zero-order valence-electron chi connectivity index (χ0n) is 7.91. The Kier molecular flexibility index (Phi) is 1.70.